The molecule has 1 aromatic rings. The van der Waals surface area contributed by atoms with E-state index in [2.05, 4.69) is 5.32 Å². The van der Waals surface area contributed by atoms with E-state index < -0.39 is 0 Å². The fourth-order valence-corrected chi connectivity index (χ4v) is 4.75. The van der Waals surface area contributed by atoms with E-state index in [0.717, 1.165) is 39.0 Å². The van der Waals surface area contributed by atoms with Crippen LogP contribution in [0.4, 0.5) is 5.69 Å². The number of ether oxygens (including phenoxy) is 2. The van der Waals surface area contributed by atoms with Crippen molar-refractivity contribution >= 4 is 29.9 Å². The lowest BCUT2D eigenvalue weighted by molar-refractivity contribution is -0.137. The van der Waals surface area contributed by atoms with E-state index in [1.165, 1.54) is 6.42 Å². The number of nitrogens with zero attached hydrogens (tertiary/aromatic N) is 2. The molecule has 0 saturated carbocycles. The minimum atomic E-state index is -0.277. The fraction of sp³-hybridized carbons (Fsp3) is 0.619. The van der Waals surface area contributed by atoms with E-state index in [1.807, 2.05) is 17.0 Å². The van der Waals surface area contributed by atoms with Gasteiger partial charge in [-0.2, -0.15) is 0 Å². The van der Waals surface area contributed by atoms with Crippen molar-refractivity contribution in [1.29, 1.82) is 0 Å². The zero-order chi connectivity index (χ0) is 19.7. The second-order valence-corrected chi connectivity index (χ2v) is 8.23. The Morgan fingerprint density at radius 3 is 2.31 bits per heavy atom. The van der Waals surface area contributed by atoms with Gasteiger partial charge in [0.1, 0.15) is 11.5 Å². The molecule has 1 N–H and O–H groups in total. The highest BCUT2D eigenvalue weighted by Gasteiger charge is 2.42. The van der Waals surface area contributed by atoms with Gasteiger partial charge in [0.2, 0.25) is 11.8 Å². The van der Waals surface area contributed by atoms with Crippen LogP contribution in [0.5, 0.6) is 11.5 Å². The Labute approximate surface area is 178 Å². The van der Waals surface area contributed by atoms with Gasteiger partial charge in [-0.05, 0) is 31.2 Å². The Morgan fingerprint density at radius 2 is 1.76 bits per heavy atom. The molecule has 4 rings (SSSR count). The van der Waals surface area contributed by atoms with Crippen molar-refractivity contribution in [2.45, 2.75) is 25.7 Å². The molecule has 7 nitrogen and oxygen atoms in total. The van der Waals surface area contributed by atoms with Gasteiger partial charge in [-0.25, -0.2) is 0 Å². The van der Waals surface area contributed by atoms with Gasteiger partial charge in [0.05, 0.1) is 25.8 Å². The smallest absolute Gasteiger partial charge is 0.228 e. The molecular weight excluding hydrogens is 394 g/mol. The van der Waals surface area contributed by atoms with Gasteiger partial charge < -0.3 is 24.6 Å². The van der Waals surface area contributed by atoms with Crippen LogP contribution < -0.4 is 19.7 Å². The number of piperidine rings is 1. The van der Waals surface area contributed by atoms with Gasteiger partial charge in [0, 0.05) is 50.8 Å². The Balaban J connectivity index is 0.00000240. The molecule has 8 heteroatoms. The van der Waals surface area contributed by atoms with Crippen LogP contribution in [-0.2, 0) is 9.59 Å². The first kappa shape index (κ1) is 21.7. The lowest BCUT2D eigenvalue weighted by Gasteiger charge is -2.39. The van der Waals surface area contributed by atoms with Crippen LogP contribution in [0.15, 0.2) is 18.2 Å². The van der Waals surface area contributed by atoms with Crippen LogP contribution in [0.2, 0.25) is 0 Å². The third kappa shape index (κ3) is 4.31. The molecule has 1 spiro atoms. The average Bonchev–Trinajstić information content (AvgIpc) is 3.34. The third-order valence-corrected chi connectivity index (χ3v) is 6.59. The highest BCUT2D eigenvalue weighted by Crippen LogP contribution is 2.38. The molecule has 0 radical (unpaired) electrons. The number of anilines is 1. The number of halogens is 1. The summed E-state index contributed by atoms with van der Waals surface area (Å²) in [4.78, 5) is 29.3. The van der Waals surface area contributed by atoms with E-state index in [9.17, 15) is 9.59 Å². The summed E-state index contributed by atoms with van der Waals surface area (Å²) < 4.78 is 10.6. The van der Waals surface area contributed by atoms with E-state index in [1.54, 1.807) is 25.2 Å². The molecule has 3 aliphatic rings. The number of benzene rings is 1. The molecular formula is C21H30ClN3O4. The zero-order valence-electron chi connectivity index (χ0n) is 17.1. The molecule has 0 bridgehead atoms. The minimum Gasteiger partial charge on any atom is -0.497 e. The highest BCUT2D eigenvalue weighted by molar-refractivity contribution is 6.00. The molecule has 160 valence electrons. The van der Waals surface area contributed by atoms with Crippen molar-refractivity contribution in [1.82, 2.24) is 10.2 Å². The van der Waals surface area contributed by atoms with Crippen LogP contribution in [0, 0.1) is 11.3 Å². The Bertz CT molecular complexity index is 734. The van der Waals surface area contributed by atoms with Crippen molar-refractivity contribution in [3.8, 4) is 11.5 Å². The van der Waals surface area contributed by atoms with E-state index >= 15 is 0 Å². The summed E-state index contributed by atoms with van der Waals surface area (Å²) in [7, 11) is 3.17. The largest absolute Gasteiger partial charge is 0.497 e. The maximum atomic E-state index is 13.1. The summed E-state index contributed by atoms with van der Waals surface area (Å²) in [6.07, 6.45) is 3.59. The zero-order valence-corrected chi connectivity index (χ0v) is 17.9. The number of carbonyl (C=O) groups is 2. The van der Waals surface area contributed by atoms with Gasteiger partial charge in [0.15, 0.2) is 0 Å². The van der Waals surface area contributed by atoms with Gasteiger partial charge in [-0.15, -0.1) is 12.4 Å². The quantitative estimate of drug-likeness (QED) is 0.802. The van der Waals surface area contributed by atoms with E-state index in [-0.39, 0.29) is 36.6 Å². The number of nitrogens with one attached hydrogen (secondary N) is 1. The molecule has 2 amide bonds. The average molecular weight is 424 g/mol. The molecule has 0 aromatic heterocycles. The first-order chi connectivity index (χ1) is 13.5. The number of amides is 2. The molecule has 1 unspecified atom stereocenters. The van der Waals surface area contributed by atoms with Crippen LogP contribution >= 0.6 is 12.4 Å². The van der Waals surface area contributed by atoms with Crippen LogP contribution in [0.25, 0.3) is 0 Å². The number of rotatable bonds is 4. The second kappa shape index (κ2) is 8.79. The van der Waals surface area contributed by atoms with Crippen molar-refractivity contribution < 1.29 is 19.1 Å². The molecule has 3 heterocycles. The second-order valence-electron chi connectivity index (χ2n) is 8.23. The SMILES string of the molecule is COc1cc(OC)cc(N2CC(C(=O)N3CCC4(CCNC4)CC3)CC2=O)c1.Cl. The van der Waals surface area contributed by atoms with Crippen LogP contribution in [0.1, 0.15) is 25.7 Å². The molecule has 3 fully saturated rings. The predicted octanol–water partition coefficient (Wildman–Crippen LogP) is 2.08. The van der Waals surface area contributed by atoms with Gasteiger partial charge in [-0.1, -0.05) is 0 Å². The maximum absolute atomic E-state index is 13.1. The maximum Gasteiger partial charge on any atom is 0.228 e. The van der Waals surface area contributed by atoms with Gasteiger partial charge >= 0.3 is 0 Å². The fourth-order valence-electron chi connectivity index (χ4n) is 4.75. The topological polar surface area (TPSA) is 71.1 Å². The third-order valence-electron chi connectivity index (χ3n) is 6.59. The number of hydrogen-bond acceptors (Lipinski definition) is 5. The van der Waals surface area contributed by atoms with E-state index in [4.69, 9.17) is 9.47 Å². The van der Waals surface area contributed by atoms with Gasteiger partial charge in [-0.3, -0.25) is 9.59 Å². The summed E-state index contributed by atoms with van der Waals surface area (Å²) in [5, 5.41) is 3.46. The molecule has 29 heavy (non-hydrogen) atoms. The van der Waals surface area contributed by atoms with Gasteiger partial charge in [0.25, 0.3) is 0 Å². The Kier molecular flexibility index (Phi) is 6.58. The lowest BCUT2D eigenvalue weighted by Crippen LogP contribution is -2.46. The summed E-state index contributed by atoms with van der Waals surface area (Å²) >= 11 is 0. The molecule has 1 atom stereocenters. The summed E-state index contributed by atoms with van der Waals surface area (Å²) in [5.41, 5.74) is 1.09. The summed E-state index contributed by atoms with van der Waals surface area (Å²) in [6, 6.07) is 5.39. The number of hydrogen-bond donors (Lipinski definition) is 1. The lowest BCUT2D eigenvalue weighted by atomic mass is 9.77. The number of likely N-dealkylation sites (tertiary alicyclic amines) is 1. The minimum absolute atomic E-state index is 0. The summed E-state index contributed by atoms with van der Waals surface area (Å²) in [6.45, 7) is 4.18. The van der Waals surface area contributed by atoms with E-state index in [0.29, 0.717) is 29.1 Å². The highest BCUT2D eigenvalue weighted by atomic mass is 35.5. The van der Waals surface area contributed by atoms with Crippen molar-refractivity contribution in [3.05, 3.63) is 18.2 Å². The molecule has 1 aromatic carbocycles. The van der Waals surface area contributed by atoms with Crippen LogP contribution in [0.3, 0.4) is 0 Å². The number of methoxy groups -OCH3 is 2. The van der Waals surface area contributed by atoms with Crippen molar-refractivity contribution in [2.24, 2.45) is 11.3 Å². The normalized spacial score (nSPS) is 23.2. The van der Waals surface area contributed by atoms with Crippen molar-refractivity contribution in [2.75, 3.05) is 51.8 Å². The first-order valence-corrected chi connectivity index (χ1v) is 10.1. The Hall–Kier alpha value is -1.99. The van der Waals surface area contributed by atoms with Crippen LogP contribution in [-0.4, -0.2) is 63.7 Å². The number of carbonyl (C=O) groups excluding carboxylic acids is 2. The molecule has 3 aliphatic heterocycles. The monoisotopic (exact) mass is 423 g/mol. The van der Waals surface area contributed by atoms with Crippen molar-refractivity contribution in [3.63, 3.8) is 0 Å². The first-order valence-electron chi connectivity index (χ1n) is 10.1. The predicted molar refractivity (Wildman–Crippen MR) is 113 cm³/mol. The summed E-state index contributed by atoms with van der Waals surface area (Å²) in [5.74, 6) is 1.07. The standard InChI is InChI=1S/C21H29N3O4.ClH/c1-27-17-10-16(11-18(12-17)28-2)24-13-15(9-19(24)25)20(26)23-7-4-21(5-8-23)3-6-22-14-21;/h10-12,15,22H,3-9,13-14H2,1-2H3;1H. The molecule has 0 aliphatic carbocycles. The Morgan fingerprint density at radius 1 is 1.10 bits per heavy atom. The molecule has 3 saturated heterocycles.